The van der Waals surface area contributed by atoms with Crippen molar-refractivity contribution in [3.05, 3.63) is 103 Å². The van der Waals surface area contributed by atoms with Gasteiger partial charge in [0.05, 0.1) is 6.10 Å². The summed E-state index contributed by atoms with van der Waals surface area (Å²) in [6.07, 6.45) is 5.26. The molecule has 0 bridgehead atoms. The smallest absolute Gasteiger partial charge is 0.123 e. The molecule has 33 heavy (non-hydrogen) atoms. The first-order valence-corrected chi connectivity index (χ1v) is 11.9. The van der Waals surface area contributed by atoms with Gasteiger partial charge >= 0.3 is 0 Å². The minimum absolute atomic E-state index is 0.0856. The van der Waals surface area contributed by atoms with E-state index in [1.54, 1.807) is 18.4 Å². The third kappa shape index (κ3) is 12.2. The number of benzene rings is 2. The highest BCUT2D eigenvalue weighted by Gasteiger charge is 2.27. The number of hydrogen-bond donors (Lipinski definition) is 4. The van der Waals surface area contributed by atoms with Crippen LogP contribution in [0.25, 0.3) is 0 Å². The Labute approximate surface area is 203 Å². The van der Waals surface area contributed by atoms with Crippen LogP contribution in [0.1, 0.15) is 38.4 Å². The Balaban J connectivity index is 0.000000724. The lowest BCUT2D eigenvalue weighted by molar-refractivity contribution is 0.153. The van der Waals surface area contributed by atoms with Crippen LogP contribution in [0.4, 0.5) is 10.1 Å². The molecule has 4 nitrogen and oxygen atoms in total. The molecular formula is C27H38FNO3S. The van der Waals surface area contributed by atoms with Gasteiger partial charge in [0.15, 0.2) is 0 Å². The molecule has 0 amide bonds. The molecule has 1 heterocycles. The number of rotatable bonds is 7. The summed E-state index contributed by atoms with van der Waals surface area (Å²) in [6, 6.07) is 16.5. The summed E-state index contributed by atoms with van der Waals surface area (Å²) in [5, 5.41) is 27.1. The molecule has 1 unspecified atom stereocenters. The average molecular weight is 476 g/mol. The molecule has 3 rings (SSSR count). The second kappa shape index (κ2) is 17.8. The second-order valence-electron chi connectivity index (χ2n) is 7.02. The van der Waals surface area contributed by atoms with E-state index in [0.29, 0.717) is 5.92 Å². The van der Waals surface area contributed by atoms with Crippen molar-refractivity contribution in [3.8, 4) is 0 Å². The number of anilines is 1. The maximum absolute atomic E-state index is 12.8. The summed E-state index contributed by atoms with van der Waals surface area (Å²) in [5.41, 5.74) is 2.07. The number of allylic oxidation sites excluding steroid dienone is 2. The molecular weight excluding hydrogens is 437 g/mol. The number of nitrogens with zero attached hydrogens (tertiary/aromatic N) is 1. The molecule has 6 heteroatoms. The average Bonchev–Trinajstić information content (AvgIpc) is 2.81. The highest BCUT2D eigenvalue weighted by atomic mass is 32.1. The summed E-state index contributed by atoms with van der Waals surface area (Å²) in [4.78, 5) is 2.36. The molecule has 0 radical (unpaired) electrons. The molecule has 1 aliphatic rings. The van der Waals surface area contributed by atoms with Crippen molar-refractivity contribution in [2.45, 2.75) is 32.8 Å². The van der Waals surface area contributed by atoms with Crippen LogP contribution in [0, 0.1) is 11.7 Å². The normalized spacial score (nSPS) is 13.5. The van der Waals surface area contributed by atoms with Crippen LogP contribution in [-0.4, -0.2) is 34.7 Å². The Morgan fingerprint density at radius 1 is 1.09 bits per heavy atom. The van der Waals surface area contributed by atoms with E-state index in [1.165, 1.54) is 23.9 Å². The maximum Gasteiger partial charge on any atom is 0.123 e. The molecule has 182 valence electrons. The van der Waals surface area contributed by atoms with Gasteiger partial charge in [-0.15, -0.1) is 0 Å². The van der Waals surface area contributed by atoms with Crippen molar-refractivity contribution in [3.63, 3.8) is 0 Å². The topological polar surface area (TPSA) is 63.9 Å². The zero-order chi connectivity index (χ0) is 25.2. The van der Waals surface area contributed by atoms with Gasteiger partial charge in [-0.2, -0.15) is 12.6 Å². The highest BCUT2D eigenvalue weighted by molar-refractivity contribution is 7.79. The van der Waals surface area contributed by atoms with Crippen LogP contribution in [0.2, 0.25) is 0 Å². The van der Waals surface area contributed by atoms with Crippen molar-refractivity contribution in [2.24, 2.45) is 5.92 Å². The molecule has 2 aromatic carbocycles. The SMILES string of the molecule is C=C/C(O)=C\C(=C)O.CC.CS.OC(CCC1CN(c2ccccc2)C1)c1ccc(F)cc1. The van der Waals surface area contributed by atoms with E-state index in [0.717, 1.165) is 37.6 Å². The zero-order valence-corrected chi connectivity index (χ0v) is 20.8. The minimum atomic E-state index is -0.489. The fourth-order valence-electron chi connectivity index (χ4n) is 3.08. The standard InChI is InChI=1S/C18H20FNO.C6H8O2.C2H6.CH4S/c19-16-9-7-15(8-10-16)18(21)11-6-14-12-20(13-14)17-4-2-1-3-5-17;1-3-6(8)4-5(2)7;2*1-2/h1-5,7-10,14,18,21H,6,11-13H2;3-4,7-8H,1-2H2;1-2H3;2H,1H3/b;6-4+;;. The number of hydrogen-bond acceptors (Lipinski definition) is 5. The number of aliphatic hydroxyl groups is 3. The van der Waals surface area contributed by atoms with Gasteiger partial charge in [-0.05, 0) is 60.9 Å². The second-order valence-corrected chi connectivity index (χ2v) is 7.02. The Hall–Kier alpha value is -2.70. The van der Waals surface area contributed by atoms with E-state index in [-0.39, 0.29) is 17.3 Å². The zero-order valence-electron chi connectivity index (χ0n) is 19.9. The van der Waals surface area contributed by atoms with Gasteiger partial charge in [-0.25, -0.2) is 4.39 Å². The van der Waals surface area contributed by atoms with Crippen molar-refractivity contribution in [2.75, 3.05) is 24.2 Å². The van der Waals surface area contributed by atoms with Gasteiger partial charge in [0.25, 0.3) is 0 Å². The molecule has 2 aromatic rings. The van der Waals surface area contributed by atoms with Gasteiger partial charge in [0.1, 0.15) is 17.3 Å². The highest BCUT2D eigenvalue weighted by Crippen LogP contribution is 2.29. The lowest BCUT2D eigenvalue weighted by Gasteiger charge is -2.41. The van der Waals surface area contributed by atoms with Crippen LogP contribution in [0.3, 0.4) is 0 Å². The Kier molecular flexibility index (Phi) is 16.4. The number of thiol groups is 1. The molecule has 0 aromatic heterocycles. The van der Waals surface area contributed by atoms with Gasteiger partial charge in [-0.3, -0.25) is 0 Å². The molecule has 0 spiro atoms. The van der Waals surface area contributed by atoms with E-state index in [2.05, 4.69) is 55.0 Å². The fraction of sp³-hybridized carbons (Fsp3) is 0.333. The minimum Gasteiger partial charge on any atom is -0.508 e. The molecule has 1 fully saturated rings. The molecule has 0 saturated carbocycles. The van der Waals surface area contributed by atoms with Crippen LogP contribution in [0.15, 0.2) is 91.4 Å². The summed E-state index contributed by atoms with van der Waals surface area (Å²) in [5.74, 6) is 0.114. The van der Waals surface area contributed by atoms with E-state index in [4.69, 9.17) is 10.2 Å². The monoisotopic (exact) mass is 475 g/mol. The van der Waals surface area contributed by atoms with Crippen molar-refractivity contribution >= 4 is 18.3 Å². The fourth-order valence-corrected chi connectivity index (χ4v) is 3.08. The third-order valence-corrected chi connectivity index (χ3v) is 4.71. The predicted molar refractivity (Wildman–Crippen MR) is 142 cm³/mol. The first-order chi connectivity index (χ1) is 15.9. The van der Waals surface area contributed by atoms with Crippen molar-refractivity contribution in [1.29, 1.82) is 0 Å². The summed E-state index contributed by atoms with van der Waals surface area (Å²) in [6.45, 7) is 12.5. The number of para-hydroxylation sites is 1. The van der Waals surface area contributed by atoms with Crippen LogP contribution < -0.4 is 4.90 Å². The Morgan fingerprint density at radius 2 is 1.64 bits per heavy atom. The number of aliphatic hydroxyl groups excluding tert-OH is 3. The largest absolute Gasteiger partial charge is 0.508 e. The summed E-state index contributed by atoms with van der Waals surface area (Å²) < 4.78 is 12.8. The van der Waals surface area contributed by atoms with E-state index >= 15 is 0 Å². The Bertz CT molecular complexity index is 819. The molecule has 1 saturated heterocycles. The summed E-state index contributed by atoms with van der Waals surface area (Å²) in [7, 11) is 0. The van der Waals surface area contributed by atoms with Crippen LogP contribution >= 0.6 is 12.6 Å². The molecule has 3 N–H and O–H groups in total. The predicted octanol–water partition coefficient (Wildman–Crippen LogP) is 7.03. The van der Waals surface area contributed by atoms with E-state index in [1.807, 2.05) is 19.9 Å². The first kappa shape index (κ1) is 30.3. The van der Waals surface area contributed by atoms with Gasteiger partial charge in [-0.1, -0.05) is 57.3 Å². The van der Waals surface area contributed by atoms with Gasteiger partial charge in [0, 0.05) is 24.9 Å². The molecule has 0 aliphatic carbocycles. The lowest BCUT2D eigenvalue weighted by Crippen LogP contribution is -2.46. The van der Waals surface area contributed by atoms with E-state index < -0.39 is 6.10 Å². The first-order valence-electron chi connectivity index (χ1n) is 11.0. The molecule has 1 aliphatic heterocycles. The molecule has 1 atom stereocenters. The quantitative estimate of drug-likeness (QED) is 0.197. The Morgan fingerprint density at radius 3 is 2.09 bits per heavy atom. The third-order valence-electron chi connectivity index (χ3n) is 4.71. The van der Waals surface area contributed by atoms with Crippen LogP contribution in [0.5, 0.6) is 0 Å². The summed E-state index contributed by atoms with van der Waals surface area (Å²) >= 11 is 3.53. The van der Waals surface area contributed by atoms with Crippen LogP contribution in [-0.2, 0) is 0 Å². The van der Waals surface area contributed by atoms with Gasteiger partial charge in [0.2, 0.25) is 0 Å². The van der Waals surface area contributed by atoms with Crippen molar-refractivity contribution in [1.82, 2.24) is 0 Å². The number of halogens is 1. The van der Waals surface area contributed by atoms with Gasteiger partial charge < -0.3 is 20.2 Å². The van der Waals surface area contributed by atoms with Crippen molar-refractivity contribution < 1.29 is 19.7 Å². The van der Waals surface area contributed by atoms with E-state index in [9.17, 15) is 9.50 Å². The maximum atomic E-state index is 12.8. The lowest BCUT2D eigenvalue weighted by atomic mass is 9.91.